The van der Waals surface area contributed by atoms with E-state index in [0.29, 0.717) is 26.5 Å². The lowest BCUT2D eigenvalue weighted by Crippen LogP contribution is -2.11. The van der Waals surface area contributed by atoms with E-state index in [1.54, 1.807) is 18.2 Å². The number of hydrogen-bond acceptors (Lipinski definition) is 6. The van der Waals surface area contributed by atoms with E-state index >= 15 is 0 Å². The first kappa shape index (κ1) is 12.7. The summed E-state index contributed by atoms with van der Waals surface area (Å²) in [5.74, 6) is -1.16. The molecule has 104 valence electrons. The average Bonchev–Trinajstić information content (AvgIpc) is 2.83. The molecule has 0 saturated carbocycles. The molecule has 0 unspecified atom stereocenters. The molecule has 0 fully saturated rings. The van der Waals surface area contributed by atoms with Gasteiger partial charge >= 0.3 is 6.18 Å². The van der Waals surface area contributed by atoms with Crippen LogP contribution >= 0.6 is 11.3 Å². The van der Waals surface area contributed by atoms with Gasteiger partial charge < -0.3 is 11.5 Å². The Labute approximate surface area is 113 Å². The highest BCUT2D eigenvalue weighted by Gasteiger charge is 2.38. The Balaban J connectivity index is 2.16. The number of anilines is 2. The highest BCUT2D eigenvalue weighted by molar-refractivity contribution is 7.19. The number of nitrogens with two attached hydrogens (primary N) is 2. The molecule has 0 atom stereocenters. The van der Waals surface area contributed by atoms with Crippen molar-refractivity contribution in [2.45, 2.75) is 6.18 Å². The molecule has 0 aliphatic heterocycles. The van der Waals surface area contributed by atoms with Crippen LogP contribution in [-0.2, 0) is 6.18 Å². The Kier molecular flexibility index (Phi) is 2.57. The highest BCUT2D eigenvalue weighted by Crippen LogP contribution is 2.32. The number of rotatable bonds is 1. The lowest BCUT2D eigenvalue weighted by Gasteiger charge is -2.02. The van der Waals surface area contributed by atoms with Crippen LogP contribution in [0.5, 0.6) is 0 Å². The minimum absolute atomic E-state index is 0.0494. The molecule has 0 aliphatic carbocycles. The standard InChI is InChI=1S/C10H7F3N6S/c11-10(12,13)8-16-17-9-19(8)18-7(20-9)4-1-5(14)3-6(15)2-4/h1-3H,14-15H2. The summed E-state index contributed by atoms with van der Waals surface area (Å²) in [4.78, 5) is 0.0494. The van der Waals surface area contributed by atoms with Crippen LogP contribution < -0.4 is 11.5 Å². The molecule has 0 saturated heterocycles. The van der Waals surface area contributed by atoms with E-state index in [2.05, 4.69) is 15.3 Å². The molecule has 20 heavy (non-hydrogen) atoms. The van der Waals surface area contributed by atoms with Crippen LogP contribution in [0.4, 0.5) is 24.5 Å². The molecule has 0 bridgehead atoms. The predicted octanol–water partition coefficient (Wildman–Crippen LogP) is 2.04. The maximum atomic E-state index is 12.7. The summed E-state index contributed by atoms with van der Waals surface area (Å²) in [6, 6.07) is 4.70. The Hall–Kier alpha value is -2.36. The topological polar surface area (TPSA) is 95.1 Å². The van der Waals surface area contributed by atoms with Crippen LogP contribution in [0, 0.1) is 0 Å². The molecule has 0 amide bonds. The molecule has 1 aromatic carbocycles. The van der Waals surface area contributed by atoms with E-state index in [-0.39, 0.29) is 4.96 Å². The summed E-state index contributed by atoms with van der Waals surface area (Å²) in [7, 11) is 0. The third kappa shape index (κ3) is 2.03. The number of aromatic nitrogens is 4. The van der Waals surface area contributed by atoms with Crippen LogP contribution in [0.25, 0.3) is 15.5 Å². The van der Waals surface area contributed by atoms with Gasteiger partial charge in [-0.15, -0.1) is 10.2 Å². The molecule has 0 radical (unpaired) electrons. The average molecular weight is 300 g/mol. The van der Waals surface area contributed by atoms with Gasteiger partial charge in [0.1, 0.15) is 5.01 Å². The largest absolute Gasteiger partial charge is 0.453 e. The maximum absolute atomic E-state index is 12.7. The summed E-state index contributed by atoms with van der Waals surface area (Å²) < 4.78 is 38.7. The van der Waals surface area contributed by atoms with Crippen LogP contribution in [0.3, 0.4) is 0 Å². The van der Waals surface area contributed by atoms with Crippen molar-refractivity contribution >= 4 is 27.7 Å². The first-order chi connectivity index (χ1) is 9.34. The zero-order chi connectivity index (χ0) is 14.5. The summed E-state index contributed by atoms with van der Waals surface area (Å²) in [5.41, 5.74) is 12.6. The first-order valence-corrected chi connectivity index (χ1v) is 6.12. The summed E-state index contributed by atoms with van der Waals surface area (Å²) in [5, 5.41) is 10.7. The molecule has 3 aromatic rings. The highest BCUT2D eigenvalue weighted by atomic mass is 32.1. The van der Waals surface area contributed by atoms with Crippen molar-refractivity contribution in [3.8, 4) is 10.6 Å². The van der Waals surface area contributed by atoms with Crippen molar-refractivity contribution in [2.24, 2.45) is 0 Å². The van der Waals surface area contributed by atoms with Gasteiger partial charge in [-0.05, 0) is 18.2 Å². The van der Waals surface area contributed by atoms with Gasteiger partial charge in [-0.3, -0.25) is 0 Å². The zero-order valence-electron chi connectivity index (χ0n) is 9.72. The fourth-order valence-electron chi connectivity index (χ4n) is 1.71. The molecule has 0 spiro atoms. The lowest BCUT2D eigenvalue weighted by atomic mass is 10.2. The predicted molar refractivity (Wildman–Crippen MR) is 67.9 cm³/mol. The van der Waals surface area contributed by atoms with Gasteiger partial charge in [-0.1, -0.05) is 11.3 Å². The van der Waals surface area contributed by atoms with E-state index in [4.69, 9.17) is 11.5 Å². The summed E-state index contributed by atoms with van der Waals surface area (Å²) in [6.45, 7) is 0. The first-order valence-electron chi connectivity index (χ1n) is 5.30. The van der Waals surface area contributed by atoms with E-state index < -0.39 is 12.0 Å². The number of hydrogen-bond donors (Lipinski definition) is 2. The number of nitrogens with zero attached hydrogens (tertiary/aromatic N) is 4. The van der Waals surface area contributed by atoms with E-state index in [1.165, 1.54) is 0 Å². The van der Waals surface area contributed by atoms with E-state index in [9.17, 15) is 13.2 Å². The minimum atomic E-state index is -4.61. The van der Waals surface area contributed by atoms with Gasteiger partial charge in [0, 0.05) is 16.9 Å². The van der Waals surface area contributed by atoms with Crippen LogP contribution in [0.1, 0.15) is 5.82 Å². The van der Waals surface area contributed by atoms with Crippen molar-refractivity contribution in [1.29, 1.82) is 0 Å². The minimum Gasteiger partial charge on any atom is -0.399 e. The number of nitrogen functional groups attached to an aromatic ring is 2. The Morgan fingerprint density at radius 1 is 1.05 bits per heavy atom. The molecule has 4 N–H and O–H groups in total. The Morgan fingerprint density at radius 2 is 1.70 bits per heavy atom. The molecule has 10 heteroatoms. The van der Waals surface area contributed by atoms with Gasteiger partial charge in [0.25, 0.3) is 5.82 Å². The SMILES string of the molecule is Nc1cc(N)cc(-c2nn3c(C(F)(F)F)nnc3s2)c1. The smallest absolute Gasteiger partial charge is 0.399 e. The molecule has 2 heterocycles. The maximum Gasteiger partial charge on any atom is 0.453 e. The monoisotopic (exact) mass is 300 g/mol. The van der Waals surface area contributed by atoms with Gasteiger partial charge in [0.2, 0.25) is 4.96 Å². The second kappa shape index (κ2) is 4.07. The van der Waals surface area contributed by atoms with Crippen LogP contribution in [0.15, 0.2) is 18.2 Å². The zero-order valence-corrected chi connectivity index (χ0v) is 10.5. The fraction of sp³-hybridized carbons (Fsp3) is 0.100. The fourth-order valence-corrected chi connectivity index (χ4v) is 2.54. The normalized spacial score (nSPS) is 12.2. The Morgan fingerprint density at radius 3 is 2.30 bits per heavy atom. The summed E-state index contributed by atoms with van der Waals surface area (Å²) >= 11 is 0.972. The van der Waals surface area contributed by atoms with Crippen molar-refractivity contribution in [3.63, 3.8) is 0 Å². The van der Waals surface area contributed by atoms with Gasteiger partial charge in [0.15, 0.2) is 0 Å². The number of alkyl halides is 3. The van der Waals surface area contributed by atoms with Crippen molar-refractivity contribution < 1.29 is 13.2 Å². The van der Waals surface area contributed by atoms with Gasteiger partial charge in [-0.25, -0.2) is 0 Å². The van der Waals surface area contributed by atoms with Crippen molar-refractivity contribution in [1.82, 2.24) is 19.8 Å². The molecular weight excluding hydrogens is 293 g/mol. The van der Waals surface area contributed by atoms with Crippen LogP contribution in [-0.4, -0.2) is 19.8 Å². The van der Waals surface area contributed by atoms with Crippen molar-refractivity contribution in [3.05, 3.63) is 24.0 Å². The third-order valence-corrected chi connectivity index (χ3v) is 3.42. The second-order valence-corrected chi connectivity index (χ2v) is 4.97. The second-order valence-electron chi connectivity index (χ2n) is 4.01. The number of halogens is 3. The number of fused-ring (bicyclic) bond motifs is 1. The van der Waals surface area contributed by atoms with Crippen LogP contribution in [0.2, 0.25) is 0 Å². The number of benzene rings is 1. The summed E-state index contributed by atoms with van der Waals surface area (Å²) in [6.07, 6.45) is -4.61. The van der Waals surface area contributed by atoms with E-state index in [0.717, 1.165) is 11.3 Å². The molecule has 6 nitrogen and oxygen atoms in total. The van der Waals surface area contributed by atoms with Gasteiger partial charge in [0.05, 0.1) is 0 Å². The molecule has 3 rings (SSSR count). The van der Waals surface area contributed by atoms with Crippen molar-refractivity contribution in [2.75, 3.05) is 11.5 Å². The third-order valence-electron chi connectivity index (χ3n) is 2.47. The molecule has 2 aromatic heterocycles. The van der Waals surface area contributed by atoms with Gasteiger partial charge in [-0.2, -0.15) is 22.8 Å². The molecular formula is C10H7F3N6S. The Bertz CT molecular complexity index is 770. The lowest BCUT2D eigenvalue weighted by molar-refractivity contribution is -0.146. The molecule has 0 aliphatic rings. The van der Waals surface area contributed by atoms with E-state index in [1.807, 2.05) is 0 Å². The quantitative estimate of drug-likeness (QED) is 0.670.